The van der Waals surface area contributed by atoms with Crippen LogP contribution in [0.3, 0.4) is 0 Å². The number of para-hydroxylation sites is 1. The van der Waals surface area contributed by atoms with Gasteiger partial charge in [-0.25, -0.2) is 4.98 Å². The first-order chi connectivity index (χ1) is 12.5. The molecule has 6 nitrogen and oxygen atoms in total. The number of carbonyl (C=O) groups excluding carboxylic acids is 1. The van der Waals surface area contributed by atoms with Gasteiger partial charge in [0.05, 0.1) is 17.5 Å². The second kappa shape index (κ2) is 7.39. The second-order valence-electron chi connectivity index (χ2n) is 6.06. The zero-order valence-electron chi connectivity index (χ0n) is 14.8. The van der Waals surface area contributed by atoms with E-state index in [-0.39, 0.29) is 18.9 Å². The number of nitrogens with zero attached hydrogens (tertiary/aromatic N) is 3. The lowest BCUT2D eigenvalue weighted by Crippen LogP contribution is -2.32. The Morgan fingerprint density at radius 2 is 1.88 bits per heavy atom. The van der Waals surface area contributed by atoms with E-state index in [9.17, 15) is 9.59 Å². The number of aryl methyl sites for hydroxylation is 1. The number of aromatic nitrogens is 2. The molecule has 1 aromatic heterocycles. The lowest BCUT2D eigenvalue weighted by Gasteiger charge is -2.20. The third-order valence-corrected chi connectivity index (χ3v) is 4.35. The summed E-state index contributed by atoms with van der Waals surface area (Å²) in [6, 6.07) is 15.4. The van der Waals surface area contributed by atoms with Crippen LogP contribution < -0.4 is 0 Å². The molecule has 0 radical (unpaired) electrons. The number of carboxylic acid groups (broad SMARTS) is 1. The van der Waals surface area contributed by atoms with Crippen molar-refractivity contribution in [3.63, 3.8) is 0 Å². The van der Waals surface area contributed by atoms with Gasteiger partial charge >= 0.3 is 5.97 Å². The maximum atomic E-state index is 12.7. The zero-order chi connectivity index (χ0) is 18.7. The highest BCUT2D eigenvalue weighted by Crippen LogP contribution is 2.23. The van der Waals surface area contributed by atoms with E-state index in [0.29, 0.717) is 12.1 Å². The third kappa shape index (κ3) is 3.44. The van der Waals surface area contributed by atoms with Crippen LogP contribution in [0.25, 0.3) is 16.7 Å². The highest BCUT2D eigenvalue weighted by molar-refractivity contribution is 5.97. The number of imidazole rings is 1. The first-order valence-electron chi connectivity index (χ1n) is 8.57. The number of carboxylic acids is 1. The van der Waals surface area contributed by atoms with E-state index in [1.807, 2.05) is 54.8 Å². The molecule has 3 rings (SSSR count). The summed E-state index contributed by atoms with van der Waals surface area (Å²) in [5.41, 5.74) is 3.20. The Kier molecular flexibility index (Phi) is 5.02. The Bertz CT molecular complexity index is 948. The van der Waals surface area contributed by atoms with Crippen LogP contribution in [0, 0.1) is 6.92 Å². The van der Waals surface area contributed by atoms with Crippen molar-refractivity contribution >= 4 is 22.9 Å². The summed E-state index contributed by atoms with van der Waals surface area (Å²) in [6.45, 7) is 4.42. The van der Waals surface area contributed by atoms with Gasteiger partial charge in [0.2, 0.25) is 0 Å². The minimum Gasteiger partial charge on any atom is -0.481 e. The molecule has 0 fully saturated rings. The predicted molar refractivity (Wildman–Crippen MR) is 99.6 cm³/mol. The number of hydrogen-bond acceptors (Lipinski definition) is 3. The van der Waals surface area contributed by atoms with Gasteiger partial charge in [-0.2, -0.15) is 0 Å². The topological polar surface area (TPSA) is 75.4 Å². The molecule has 0 unspecified atom stereocenters. The minimum atomic E-state index is -0.913. The van der Waals surface area contributed by atoms with E-state index in [0.717, 1.165) is 22.5 Å². The first-order valence-corrected chi connectivity index (χ1v) is 8.57. The van der Waals surface area contributed by atoms with Crippen molar-refractivity contribution < 1.29 is 14.7 Å². The molecule has 2 aromatic carbocycles. The van der Waals surface area contributed by atoms with Crippen LogP contribution in [0.15, 0.2) is 48.5 Å². The van der Waals surface area contributed by atoms with Crippen molar-refractivity contribution in [2.24, 2.45) is 0 Å². The van der Waals surface area contributed by atoms with Gasteiger partial charge in [0, 0.05) is 24.3 Å². The molecule has 3 aromatic rings. The van der Waals surface area contributed by atoms with Crippen LogP contribution in [0.4, 0.5) is 0 Å². The molecule has 134 valence electrons. The molecule has 6 heteroatoms. The Hall–Kier alpha value is -3.15. The highest BCUT2D eigenvalue weighted by Gasteiger charge is 2.17. The number of amides is 1. The van der Waals surface area contributed by atoms with Gasteiger partial charge in [0.1, 0.15) is 5.82 Å². The van der Waals surface area contributed by atoms with Crippen LogP contribution in [-0.4, -0.2) is 44.5 Å². The summed E-state index contributed by atoms with van der Waals surface area (Å²) < 4.78 is 2.05. The molecule has 0 saturated carbocycles. The monoisotopic (exact) mass is 351 g/mol. The van der Waals surface area contributed by atoms with Gasteiger partial charge in [-0.15, -0.1) is 0 Å². The molecule has 0 atom stereocenters. The largest absolute Gasteiger partial charge is 0.481 e. The molecule has 0 spiro atoms. The maximum absolute atomic E-state index is 12.7. The van der Waals surface area contributed by atoms with Crippen LogP contribution in [0.5, 0.6) is 0 Å². The summed E-state index contributed by atoms with van der Waals surface area (Å²) in [4.78, 5) is 29.6. The van der Waals surface area contributed by atoms with E-state index >= 15 is 0 Å². The van der Waals surface area contributed by atoms with Crippen molar-refractivity contribution in [3.05, 3.63) is 59.9 Å². The molecule has 0 aliphatic carbocycles. The lowest BCUT2D eigenvalue weighted by molar-refractivity contribution is -0.137. The Balaban J connectivity index is 1.95. The van der Waals surface area contributed by atoms with E-state index in [4.69, 9.17) is 5.11 Å². The Morgan fingerprint density at radius 3 is 2.54 bits per heavy atom. The Morgan fingerprint density at radius 1 is 1.15 bits per heavy atom. The van der Waals surface area contributed by atoms with E-state index in [1.54, 1.807) is 12.1 Å². The molecule has 0 aliphatic heterocycles. The summed E-state index contributed by atoms with van der Waals surface area (Å²) in [7, 11) is 0. The molecule has 0 saturated heterocycles. The van der Waals surface area contributed by atoms with Crippen molar-refractivity contribution in [1.82, 2.24) is 14.5 Å². The zero-order valence-corrected chi connectivity index (χ0v) is 14.8. The van der Waals surface area contributed by atoms with Crippen molar-refractivity contribution in [3.8, 4) is 5.69 Å². The highest BCUT2D eigenvalue weighted by atomic mass is 16.4. The van der Waals surface area contributed by atoms with Crippen molar-refractivity contribution in [2.45, 2.75) is 20.3 Å². The van der Waals surface area contributed by atoms with Gasteiger partial charge in [0.15, 0.2) is 0 Å². The number of hydrogen-bond donors (Lipinski definition) is 1. The minimum absolute atomic E-state index is 0.0659. The second-order valence-corrected chi connectivity index (χ2v) is 6.06. The summed E-state index contributed by atoms with van der Waals surface area (Å²) in [6.07, 6.45) is -0.0659. The van der Waals surface area contributed by atoms with Crippen LogP contribution in [0.1, 0.15) is 29.5 Å². The summed E-state index contributed by atoms with van der Waals surface area (Å²) >= 11 is 0. The molecule has 0 aliphatic rings. The fourth-order valence-corrected chi connectivity index (χ4v) is 3.05. The quantitative estimate of drug-likeness (QED) is 0.739. The van der Waals surface area contributed by atoms with E-state index in [1.165, 1.54) is 4.90 Å². The van der Waals surface area contributed by atoms with Crippen molar-refractivity contribution in [1.29, 1.82) is 0 Å². The molecule has 1 amide bonds. The van der Waals surface area contributed by atoms with Gasteiger partial charge in [0.25, 0.3) is 5.91 Å². The van der Waals surface area contributed by atoms with Gasteiger partial charge in [-0.05, 0) is 44.2 Å². The normalized spacial score (nSPS) is 10.8. The molecule has 0 bridgehead atoms. The van der Waals surface area contributed by atoms with Crippen LogP contribution >= 0.6 is 0 Å². The molecular formula is C20H21N3O3. The average Bonchev–Trinajstić information content (AvgIpc) is 2.97. The molecule has 1 heterocycles. The molecule has 1 N–H and O–H groups in total. The number of benzene rings is 2. The smallest absolute Gasteiger partial charge is 0.305 e. The first kappa shape index (κ1) is 17.7. The number of carbonyl (C=O) groups is 2. The number of aliphatic carboxylic acids is 1. The third-order valence-electron chi connectivity index (χ3n) is 4.35. The van der Waals surface area contributed by atoms with Gasteiger partial charge < -0.3 is 10.0 Å². The van der Waals surface area contributed by atoms with Crippen molar-refractivity contribution in [2.75, 3.05) is 13.1 Å². The van der Waals surface area contributed by atoms with Crippen LogP contribution in [0.2, 0.25) is 0 Å². The SMILES string of the molecule is CCN(CCC(=O)O)C(=O)c1ccc2c(c1)nc(C)n2-c1ccccc1. The molecular weight excluding hydrogens is 330 g/mol. The Labute approximate surface area is 151 Å². The number of fused-ring (bicyclic) bond motifs is 1. The maximum Gasteiger partial charge on any atom is 0.305 e. The standard InChI is InChI=1S/C20H21N3O3/c1-3-22(12-11-19(24)25)20(26)15-9-10-18-17(13-15)21-14(2)23(18)16-7-5-4-6-8-16/h4-10,13H,3,11-12H2,1-2H3,(H,24,25). The fraction of sp³-hybridized carbons (Fsp3) is 0.250. The predicted octanol–water partition coefficient (Wildman–Crippen LogP) is 3.27. The van der Waals surface area contributed by atoms with E-state index in [2.05, 4.69) is 4.98 Å². The molecule has 26 heavy (non-hydrogen) atoms. The van der Waals surface area contributed by atoms with E-state index < -0.39 is 5.97 Å². The van der Waals surface area contributed by atoms with Crippen LogP contribution in [-0.2, 0) is 4.79 Å². The summed E-state index contributed by atoms with van der Waals surface area (Å²) in [5.74, 6) is -0.250. The van der Waals surface area contributed by atoms with Gasteiger partial charge in [-0.3, -0.25) is 14.2 Å². The summed E-state index contributed by atoms with van der Waals surface area (Å²) in [5, 5.41) is 8.84. The number of rotatable bonds is 6. The van der Waals surface area contributed by atoms with Gasteiger partial charge in [-0.1, -0.05) is 18.2 Å². The lowest BCUT2D eigenvalue weighted by atomic mass is 10.1. The average molecular weight is 351 g/mol. The fourth-order valence-electron chi connectivity index (χ4n) is 3.05.